The molecule has 0 atom stereocenters. The Morgan fingerprint density at radius 2 is 2.24 bits per heavy atom. The number of fused-ring (bicyclic) bond motifs is 1. The van der Waals surface area contributed by atoms with Crippen LogP contribution in [-0.4, -0.2) is 27.2 Å². The summed E-state index contributed by atoms with van der Waals surface area (Å²) in [5.74, 6) is -0.0492. The van der Waals surface area contributed by atoms with Crippen LogP contribution in [-0.2, 0) is 0 Å². The van der Waals surface area contributed by atoms with Crippen molar-refractivity contribution in [2.45, 2.75) is 13.3 Å². The molecule has 0 aliphatic rings. The molecule has 2 heterocycles. The van der Waals surface area contributed by atoms with Crippen LogP contribution in [0.1, 0.15) is 23.7 Å². The van der Waals surface area contributed by atoms with Crippen LogP contribution < -0.4 is 11.1 Å². The molecule has 7 heteroatoms. The maximum Gasteiger partial charge on any atom is 0.325 e. The van der Waals surface area contributed by atoms with Gasteiger partial charge < -0.3 is 15.5 Å². The maximum atomic E-state index is 11.9. The summed E-state index contributed by atoms with van der Waals surface area (Å²) in [6.45, 7) is 2.57. The number of carbonyl (C=O) groups excluding carboxylic acids is 1. The average Bonchev–Trinajstić information content (AvgIpc) is 3.07. The van der Waals surface area contributed by atoms with Gasteiger partial charge >= 0.3 is 6.01 Å². The highest BCUT2D eigenvalue weighted by Gasteiger charge is 2.18. The van der Waals surface area contributed by atoms with Crippen LogP contribution in [0.4, 0.5) is 5.82 Å². The first-order valence-electron chi connectivity index (χ1n) is 6.68. The minimum atomic E-state index is -0.253. The molecule has 0 unspecified atom stereocenters. The van der Waals surface area contributed by atoms with E-state index in [1.807, 2.05) is 25.1 Å². The van der Waals surface area contributed by atoms with Crippen molar-refractivity contribution in [3.05, 3.63) is 36.0 Å². The second kappa shape index (κ2) is 5.28. The van der Waals surface area contributed by atoms with Crippen LogP contribution >= 0.6 is 0 Å². The Morgan fingerprint density at radius 3 is 3.00 bits per heavy atom. The molecule has 3 aromatic rings. The van der Waals surface area contributed by atoms with Crippen LogP contribution in [0.2, 0.25) is 0 Å². The molecule has 0 saturated heterocycles. The van der Waals surface area contributed by atoms with Crippen molar-refractivity contribution in [3.8, 4) is 6.01 Å². The third-order valence-electron chi connectivity index (χ3n) is 3.05. The molecule has 3 N–H and O–H groups in total. The lowest BCUT2D eigenvalue weighted by molar-refractivity contribution is 0.0954. The van der Waals surface area contributed by atoms with E-state index in [1.165, 1.54) is 10.9 Å². The normalized spacial score (nSPS) is 10.9. The first kappa shape index (κ1) is 13.2. The fourth-order valence-electron chi connectivity index (χ4n) is 1.97. The number of nitrogens with zero attached hydrogens (tertiary/aromatic N) is 3. The van der Waals surface area contributed by atoms with Crippen molar-refractivity contribution >= 4 is 22.8 Å². The van der Waals surface area contributed by atoms with Gasteiger partial charge in [-0.15, -0.1) is 0 Å². The van der Waals surface area contributed by atoms with E-state index in [0.717, 1.165) is 6.42 Å². The van der Waals surface area contributed by atoms with Gasteiger partial charge in [-0.2, -0.15) is 14.8 Å². The Bertz CT molecular complexity index is 757. The fourth-order valence-corrected chi connectivity index (χ4v) is 1.97. The molecule has 1 amide bonds. The van der Waals surface area contributed by atoms with E-state index in [-0.39, 0.29) is 17.7 Å². The third-order valence-corrected chi connectivity index (χ3v) is 3.05. The average molecular weight is 285 g/mol. The van der Waals surface area contributed by atoms with Crippen molar-refractivity contribution in [2.75, 3.05) is 12.3 Å². The molecule has 0 fully saturated rings. The predicted octanol–water partition coefficient (Wildman–Crippen LogP) is 1.74. The molecule has 1 aromatic carbocycles. The molecule has 0 aliphatic carbocycles. The smallest absolute Gasteiger partial charge is 0.325 e. The summed E-state index contributed by atoms with van der Waals surface area (Å²) in [4.78, 5) is 16.2. The number of hydrogen-bond donors (Lipinski definition) is 2. The van der Waals surface area contributed by atoms with Crippen molar-refractivity contribution in [2.24, 2.45) is 0 Å². The van der Waals surface area contributed by atoms with Crippen molar-refractivity contribution in [1.82, 2.24) is 20.1 Å². The molecule has 2 aromatic heterocycles. The van der Waals surface area contributed by atoms with Gasteiger partial charge in [-0.1, -0.05) is 19.1 Å². The highest BCUT2D eigenvalue weighted by molar-refractivity contribution is 5.98. The van der Waals surface area contributed by atoms with Gasteiger partial charge in [0, 0.05) is 6.54 Å². The second-order valence-corrected chi connectivity index (χ2v) is 4.58. The number of nitrogen functional groups attached to an aromatic ring is 1. The number of nitrogens with two attached hydrogens (primary N) is 1. The quantitative estimate of drug-likeness (QED) is 0.760. The fraction of sp³-hybridized carbons (Fsp3) is 0.214. The lowest BCUT2D eigenvalue weighted by atomic mass is 10.3. The first-order valence-corrected chi connectivity index (χ1v) is 6.68. The van der Waals surface area contributed by atoms with Crippen LogP contribution in [0.15, 0.2) is 34.9 Å². The van der Waals surface area contributed by atoms with E-state index in [0.29, 0.717) is 23.2 Å². The Hall–Kier alpha value is -2.83. The number of benzene rings is 1. The number of nitrogens with one attached hydrogen (secondary N) is 1. The molecule has 108 valence electrons. The lowest BCUT2D eigenvalue weighted by Crippen LogP contribution is -2.24. The number of hydrogen-bond acceptors (Lipinski definition) is 5. The number of amides is 1. The number of rotatable bonds is 4. The van der Waals surface area contributed by atoms with E-state index < -0.39 is 0 Å². The molecule has 0 bridgehead atoms. The van der Waals surface area contributed by atoms with Crippen LogP contribution in [0.25, 0.3) is 17.1 Å². The number of aromatic nitrogens is 3. The molecule has 0 spiro atoms. The van der Waals surface area contributed by atoms with E-state index in [2.05, 4.69) is 15.4 Å². The van der Waals surface area contributed by atoms with Crippen LogP contribution in [0.5, 0.6) is 0 Å². The predicted molar refractivity (Wildman–Crippen MR) is 78.2 cm³/mol. The van der Waals surface area contributed by atoms with Gasteiger partial charge in [0.15, 0.2) is 5.58 Å². The van der Waals surface area contributed by atoms with E-state index >= 15 is 0 Å². The number of oxazole rings is 1. The standard InChI is InChI=1S/C14H15N5O2/c1-2-7-16-13(20)9-8-17-19(12(9)15)14-18-10-5-3-4-6-11(10)21-14/h3-6,8H,2,7,15H2,1H3,(H,16,20). The summed E-state index contributed by atoms with van der Waals surface area (Å²) < 4.78 is 6.91. The molecule has 21 heavy (non-hydrogen) atoms. The van der Waals surface area contributed by atoms with Gasteiger partial charge in [-0.05, 0) is 18.6 Å². The maximum absolute atomic E-state index is 11.9. The Labute approximate surface area is 120 Å². The minimum absolute atomic E-state index is 0.204. The molecular formula is C14H15N5O2. The minimum Gasteiger partial charge on any atom is -0.422 e. The summed E-state index contributed by atoms with van der Waals surface area (Å²) in [7, 11) is 0. The van der Waals surface area contributed by atoms with E-state index in [9.17, 15) is 4.79 Å². The van der Waals surface area contributed by atoms with Crippen LogP contribution in [0.3, 0.4) is 0 Å². The molecular weight excluding hydrogens is 270 g/mol. The molecule has 3 rings (SSSR count). The van der Waals surface area contributed by atoms with Gasteiger partial charge in [0.05, 0.1) is 6.20 Å². The van der Waals surface area contributed by atoms with Gasteiger partial charge in [0.1, 0.15) is 16.9 Å². The summed E-state index contributed by atoms with van der Waals surface area (Å²) in [5, 5.41) is 6.84. The van der Waals surface area contributed by atoms with E-state index in [4.69, 9.17) is 10.2 Å². The van der Waals surface area contributed by atoms with E-state index in [1.54, 1.807) is 6.07 Å². The summed E-state index contributed by atoms with van der Waals surface area (Å²) in [6.07, 6.45) is 2.26. The molecule has 7 nitrogen and oxygen atoms in total. The van der Waals surface area contributed by atoms with Gasteiger partial charge in [0.25, 0.3) is 5.91 Å². The Morgan fingerprint density at radius 1 is 1.43 bits per heavy atom. The number of carbonyl (C=O) groups is 1. The SMILES string of the molecule is CCCNC(=O)c1cnn(-c2nc3ccccc3o2)c1N. The third kappa shape index (κ3) is 2.33. The lowest BCUT2D eigenvalue weighted by Gasteiger charge is -2.02. The van der Waals surface area contributed by atoms with Crippen molar-refractivity contribution < 1.29 is 9.21 Å². The second-order valence-electron chi connectivity index (χ2n) is 4.58. The monoisotopic (exact) mass is 285 g/mol. The summed E-state index contributed by atoms with van der Waals surface area (Å²) in [6, 6.07) is 7.60. The Kier molecular flexibility index (Phi) is 3.31. The number of anilines is 1. The highest BCUT2D eigenvalue weighted by atomic mass is 16.4. The zero-order chi connectivity index (χ0) is 14.8. The molecule has 0 radical (unpaired) electrons. The van der Waals surface area contributed by atoms with Gasteiger partial charge in [0.2, 0.25) is 0 Å². The van der Waals surface area contributed by atoms with Crippen molar-refractivity contribution in [1.29, 1.82) is 0 Å². The topological polar surface area (TPSA) is 99.0 Å². The van der Waals surface area contributed by atoms with Gasteiger partial charge in [-0.3, -0.25) is 4.79 Å². The number of para-hydroxylation sites is 2. The van der Waals surface area contributed by atoms with Crippen molar-refractivity contribution in [3.63, 3.8) is 0 Å². The molecule has 0 aliphatic heterocycles. The summed E-state index contributed by atoms with van der Waals surface area (Å²) >= 11 is 0. The highest BCUT2D eigenvalue weighted by Crippen LogP contribution is 2.21. The summed E-state index contributed by atoms with van der Waals surface area (Å²) in [5.41, 5.74) is 7.63. The first-order chi connectivity index (χ1) is 10.2. The van der Waals surface area contributed by atoms with Crippen LogP contribution in [0, 0.1) is 0 Å². The zero-order valence-corrected chi connectivity index (χ0v) is 11.5. The zero-order valence-electron chi connectivity index (χ0n) is 11.5. The molecule has 0 saturated carbocycles. The van der Waals surface area contributed by atoms with Gasteiger partial charge in [-0.25, -0.2) is 0 Å². The largest absolute Gasteiger partial charge is 0.422 e. The Balaban J connectivity index is 1.96.